The van der Waals surface area contributed by atoms with Crippen LogP contribution in [0.1, 0.15) is 5.69 Å². The summed E-state index contributed by atoms with van der Waals surface area (Å²) in [5.74, 6) is 1.36. The van der Waals surface area contributed by atoms with Crippen LogP contribution in [-0.4, -0.2) is 12.3 Å². The maximum absolute atomic E-state index is 6.00. The molecule has 0 radical (unpaired) electrons. The third-order valence-corrected chi connectivity index (χ3v) is 2.36. The van der Waals surface area contributed by atoms with E-state index in [1.165, 1.54) is 0 Å². The molecule has 0 bridgehead atoms. The molecule has 0 amide bonds. The number of hydrogen-bond acceptors (Lipinski definition) is 3. The molecule has 0 aliphatic heterocycles. The first-order chi connectivity index (χ1) is 7.20. The van der Waals surface area contributed by atoms with E-state index in [-0.39, 0.29) is 0 Å². The third kappa shape index (κ3) is 1.97. The molecule has 1 aromatic carbocycles. The molecule has 0 spiro atoms. The average molecular weight is 224 g/mol. The average Bonchev–Trinajstić information content (AvgIpc) is 2.65. The lowest BCUT2D eigenvalue weighted by Crippen LogP contribution is -1.84. The second-order valence-corrected chi connectivity index (χ2v) is 3.59. The molecular formula is C11H10ClNO2. The smallest absolute Gasteiger partial charge is 0.167 e. The van der Waals surface area contributed by atoms with Gasteiger partial charge in [0.1, 0.15) is 5.75 Å². The minimum Gasteiger partial charge on any atom is -0.495 e. The maximum Gasteiger partial charge on any atom is 0.167 e. The Hall–Kier alpha value is -1.48. The van der Waals surface area contributed by atoms with Crippen LogP contribution in [0.3, 0.4) is 0 Å². The molecule has 1 aromatic heterocycles. The fraction of sp³-hybridized carbons (Fsp3) is 0.182. The van der Waals surface area contributed by atoms with Gasteiger partial charge in [-0.05, 0) is 25.1 Å². The molecule has 2 aromatic rings. The summed E-state index contributed by atoms with van der Waals surface area (Å²) in [6, 6.07) is 7.33. The Kier molecular flexibility index (Phi) is 2.64. The number of ether oxygens (including phenoxy) is 1. The fourth-order valence-electron chi connectivity index (χ4n) is 1.32. The largest absolute Gasteiger partial charge is 0.495 e. The first-order valence-corrected chi connectivity index (χ1v) is 4.86. The van der Waals surface area contributed by atoms with Crippen molar-refractivity contribution < 1.29 is 9.26 Å². The fourth-order valence-corrected chi connectivity index (χ4v) is 1.58. The molecule has 1 heterocycles. The van der Waals surface area contributed by atoms with Crippen molar-refractivity contribution in [2.24, 2.45) is 0 Å². The lowest BCUT2D eigenvalue weighted by atomic mass is 10.1. The molecule has 0 unspecified atom stereocenters. The topological polar surface area (TPSA) is 35.3 Å². The van der Waals surface area contributed by atoms with E-state index in [1.54, 1.807) is 19.2 Å². The van der Waals surface area contributed by atoms with Crippen LogP contribution in [0.25, 0.3) is 11.3 Å². The number of nitrogens with zero attached hydrogens (tertiary/aromatic N) is 1. The van der Waals surface area contributed by atoms with Gasteiger partial charge >= 0.3 is 0 Å². The van der Waals surface area contributed by atoms with Gasteiger partial charge < -0.3 is 9.26 Å². The molecule has 0 fully saturated rings. The summed E-state index contributed by atoms with van der Waals surface area (Å²) in [6.07, 6.45) is 0. The molecule has 0 atom stereocenters. The van der Waals surface area contributed by atoms with Crippen molar-refractivity contribution in [1.29, 1.82) is 0 Å². The zero-order chi connectivity index (χ0) is 10.8. The van der Waals surface area contributed by atoms with Crippen molar-refractivity contribution in [3.63, 3.8) is 0 Å². The summed E-state index contributed by atoms with van der Waals surface area (Å²) in [6.45, 7) is 1.87. The summed E-state index contributed by atoms with van der Waals surface area (Å²) < 4.78 is 10.2. The van der Waals surface area contributed by atoms with Crippen LogP contribution in [0.15, 0.2) is 28.8 Å². The Bertz CT molecular complexity index is 479. The van der Waals surface area contributed by atoms with Gasteiger partial charge in [0.05, 0.1) is 17.8 Å². The molecule has 0 saturated heterocycles. The summed E-state index contributed by atoms with van der Waals surface area (Å²) >= 11 is 6.00. The van der Waals surface area contributed by atoms with E-state index in [2.05, 4.69) is 5.16 Å². The first kappa shape index (κ1) is 10.1. The Balaban J connectivity index is 2.42. The number of benzene rings is 1. The monoisotopic (exact) mass is 223 g/mol. The van der Waals surface area contributed by atoms with Crippen molar-refractivity contribution >= 4 is 11.6 Å². The van der Waals surface area contributed by atoms with Crippen LogP contribution in [0.4, 0.5) is 0 Å². The molecule has 3 nitrogen and oxygen atoms in total. The zero-order valence-corrected chi connectivity index (χ0v) is 9.21. The SMILES string of the molecule is COc1ccc(-c2cc(C)no2)cc1Cl. The van der Waals surface area contributed by atoms with Gasteiger partial charge in [0.2, 0.25) is 0 Å². The number of aryl methyl sites for hydroxylation is 1. The van der Waals surface area contributed by atoms with Crippen molar-refractivity contribution in [1.82, 2.24) is 5.16 Å². The highest BCUT2D eigenvalue weighted by Gasteiger charge is 2.07. The van der Waals surface area contributed by atoms with Gasteiger partial charge in [0, 0.05) is 11.6 Å². The van der Waals surface area contributed by atoms with E-state index < -0.39 is 0 Å². The van der Waals surface area contributed by atoms with Crippen LogP contribution < -0.4 is 4.74 Å². The van der Waals surface area contributed by atoms with Crippen molar-refractivity contribution in [2.45, 2.75) is 6.92 Å². The number of hydrogen-bond donors (Lipinski definition) is 0. The van der Waals surface area contributed by atoms with E-state index in [0.29, 0.717) is 16.5 Å². The Morgan fingerprint density at radius 1 is 1.33 bits per heavy atom. The number of methoxy groups -OCH3 is 1. The summed E-state index contributed by atoms with van der Waals surface area (Å²) in [7, 11) is 1.58. The van der Waals surface area contributed by atoms with E-state index in [1.807, 2.05) is 19.1 Å². The lowest BCUT2D eigenvalue weighted by Gasteiger charge is -2.03. The number of rotatable bonds is 2. The van der Waals surface area contributed by atoms with E-state index in [9.17, 15) is 0 Å². The molecule has 0 saturated carbocycles. The second kappa shape index (κ2) is 3.95. The molecule has 15 heavy (non-hydrogen) atoms. The Labute approximate surface area is 92.6 Å². The van der Waals surface area contributed by atoms with Gasteiger partial charge in [-0.25, -0.2) is 0 Å². The van der Waals surface area contributed by atoms with Crippen LogP contribution in [0, 0.1) is 6.92 Å². The second-order valence-electron chi connectivity index (χ2n) is 3.18. The Morgan fingerprint density at radius 3 is 2.67 bits per heavy atom. The maximum atomic E-state index is 6.00. The van der Waals surface area contributed by atoms with E-state index in [4.69, 9.17) is 20.9 Å². The van der Waals surface area contributed by atoms with Gasteiger partial charge in [0.25, 0.3) is 0 Å². The predicted molar refractivity (Wildman–Crippen MR) is 58.2 cm³/mol. The predicted octanol–water partition coefficient (Wildman–Crippen LogP) is 3.31. The summed E-state index contributed by atoms with van der Waals surface area (Å²) in [4.78, 5) is 0. The van der Waals surface area contributed by atoms with Crippen LogP contribution in [-0.2, 0) is 0 Å². The van der Waals surface area contributed by atoms with Gasteiger partial charge in [0.15, 0.2) is 5.76 Å². The van der Waals surface area contributed by atoms with Crippen LogP contribution in [0.5, 0.6) is 5.75 Å². The minimum absolute atomic E-state index is 0.559. The van der Waals surface area contributed by atoms with Gasteiger partial charge in [-0.2, -0.15) is 0 Å². The quantitative estimate of drug-likeness (QED) is 0.784. The third-order valence-electron chi connectivity index (χ3n) is 2.06. The van der Waals surface area contributed by atoms with Crippen LogP contribution >= 0.6 is 11.6 Å². The summed E-state index contributed by atoms with van der Waals surface area (Å²) in [5.41, 5.74) is 1.73. The number of aromatic nitrogens is 1. The van der Waals surface area contributed by atoms with Gasteiger partial charge in [-0.15, -0.1) is 0 Å². The van der Waals surface area contributed by atoms with Gasteiger partial charge in [-0.3, -0.25) is 0 Å². The lowest BCUT2D eigenvalue weighted by molar-refractivity contribution is 0.414. The first-order valence-electron chi connectivity index (χ1n) is 4.48. The van der Waals surface area contributed by atoms with E-state index >= 15 is 0 Å². The van der Waals surface area contributed by atoms with E-state index in [0.717, 1.165) is 11.3 Å². The van der Waals surface area contributed by atoms with Crippen molar-refractivity contribution in [3.05, 3.63) is 35.0 Å². The highest BCUT2D eigenvalue weighted by atomic mass is 35.5. The minimum atomic E-state index is 0.559. The molecule has 4 heteroatoms. The number of halogens is 1. The van der Waals surface area contributed by atoms with Gasteiger partial charge in [-0.1, -0.05) is 16.8 Å². The van der Waals surface area contributed by atoms with Crippen molar-refractivity contribution in [3.8, 4) is 17.1 Å². The zero-order valence-electron chi connectivity index (χ0n) is 8.45. The molecule has 0 aliphatic carbocycles. The molecular weight excluding hydrogens is 214 g/mol. The molecule has 2 rings (SSSR count). The highest BCUT2D eigenvalue weighted by molar-refractivity contribution is 6.32. The molecule has 78 valence electrons. The summed E-state index contributed by atoms with van der Waals surface area (Å²) in [5, 5.41) is 4.38. The van der Waals surface area contributed by atoms with Crippen LogP contribution in [0.2, 0.25) is 5.02 Å². The normalized spacial score (nSPS) is 10.3. The highest BCUT2D eigenvalue weighted by Crippen LogP contribution is 2.30. The van der Waals surface area contributed by atoms with Crippen molar-refractivity contribution in [2.75, 3.05) is 7.11 Å². The Morgan fingerprint density at radius 2 is 2.13 bits per heavy atom. The molecule has 0 N–H and O–H groups in total. The standard InChI is InChI=1S/C11H10ClNO2/c1-7-5-11(15-13-7)8-3-4-10(14-2)9(12)6-8/h3-6H,1-2H3. The molecule has 0 aliphatic rings.